The van der Waals surface area contributed by atoms with Gasteiger partial charge in [-0.05, 0) is 364 Å². The number of aliphatic hydroxyl groups is 8. The molecular weight excluding hydrogens is 1770 g/mol. The lowest BCUT2D eigenvalue weighted by Crippen LogP contribution is -2.50. The summed E-state index contributed by atoms with van der Waals surface area (Å²) in [5, 5.41) is 73.2. The number of alkyl halides is 4. The largest absolute Gasteiger partial charge is 0.396 e. The van der Waals surface area contributed by atoms with Crippen LogP contribution in [0.3, 0.4) is 0 Å². The van der Waals surface area contributed by atoms with Crippen LogP contribution in [0.25, 0.3) is 0 Å². The topological polar surface area (TPSA) is 208 Å². The molecule has 1 spiro atoms. The molecule has 860 valence electrons. The summed E-state index contributed by atoms with van der Waals surface area (Å²) >= 11 is 0. The van der Waals surface area contributed by atoms with E-state index in [0.717, 1.165) is 211 Å². The van der Waals surface area contributed by atoms with E-state index in [4.69, 9.17) is 44.1 Å². The summed E-state index contributed by atoms with van der Waals surface area (Å²) in [6.07, 6.45) is 30.8. The van der Waals surface area contributed by atoms with Gasteiger partial charge < -0.3 is 64.5 Å². The van der Waals surface area contributed by atoms with Crippen LogP contribution in [0, 0.1) is 158 Å². The fourth-order valence-electron chi connectivity index (χ4n) is 20.5. The van der Waals surface area contributed by atoms with Gasteiger partial charge in [0.1, 0.15) is 5.60 Å². The SMILES string of the molecule is C.CC(C)CC(C)(C)C.CC(C)CC(C)F.CC(C)CC(C)O.CC(C)CC1(C)COC1.CC(C)CC1(CO)COC1.CC(C)CC1(O)CC1.CC(C)CC1(O)CCCCC1.CC(C)CC1(O)COC1.CC(C)CC1CC(C)C1.CC(C)CC1COC1.CC(C)CCC(C)(C)O.CC(C)CCCO.CC(C)OCC(C)(C)O.CC1CC(C(C)C)C1.CC1CC2(C1)CC(C(C)C)C2.CCC(C(C)C)C(F)(F)F. The first-order valence-corrected chi connectivity index (χ1v) is 57.8. The molecule has 13 nitrogen and oxygen atoms in total. The monoisotopic (exact) mass is 2030 g/mol. The lowest BCUT2D eigenvalue weighted by atomic mass is 9.47. The van der Waals surface area contributed by atoms with Crippen molar-refractivity contribution in [3.63, 3.8) is 0 Å². The van der Waals surface area contributed by atoms with Crippen LogP contribution < -0.4 is 0 Å². The molecule has 4 saturated heterocycles. The molecule has 8 N–H and O–H groups in total. The molecule has 10 rings (SSSR count). The van der Waals surface area contributed by atoms with Crippen LogP contribution in [-0.2, 0) is 23.7 Å². The number of aliphatic hydroxyl groups excluding tert-OH is 3. The minimum atomic E-state index is -4.01. The highest BCUT2D eigenvalue weighted by Crippen LogP contribution is 2.62. The van der Waals surface area contributed by atoms with E-state index in [1.165, 1.54) is 83.5 Å². The number of ether oxygens (including phenoxy) is 5. The molecule has 0 amide bonds. The molecule has 4 heterocycles. The predicted molar refractivity (Wildman–Crippen MR) is 605 cm³/mol. The van der Waals surface area contributed by atoms with Crippen LogP contribution in [0.15, 0.2) is 0 Å². The van der Waals surface area contributed by atoms with Crippen LogP contribution in [0.5, 0.6) is 0 Å². The van der Waals surface area contributed by atoms with E-state index in [0.29, 0.717) is 85.1 Å². The van der Waals surface area contributed by atoms with Gasteiger partial charge in [-0.3, -0.25) is 0 Å². The highest BCUT2D eigenvalue weighted by Gasteiger charge is 2.52. The molecule has 141 heavy (non-hydrogen) atoms. The van der Waals surface area contributed by atoms with Gasteiger partial charge in [-0.25, -0.2) is 4.39 Å². The lowest BCUT2D eigenvalue weighted by Gasteiger charge is -2.58. The van der Waals surface area contributed by atoms with E-state index >= 15 is 0 Å². The van der Waals surface area contributed by atoms with Crippen LogP contribution >= 0.6 is 0 Å². The van der Waals surface area contributed by atoms with Crippen molar-refractivity contribution in [1.82, 2.24) is 0 Å². The lowest BCUT2D eigenvalue weighted by molar-refractivity contribution is -0.186. The molecule has 3 unspecified atom stereocenters. The third-order valence-electron chi connectivity index (χ3n) is 26.9. The Morgan fingerprint density at radius 1 is 0.418 bits per heavy atom. The molecule has 0 aromatic heterocycles. The summed E-state index contributed by atoms with van der Waals surface area (Å²) in [5.74, 6) is 16.2. The van der Waals surface area contributed by atoms with Crippen molar-refractivity contribution in [3.8, 4) is 0 Å². The minimum absolute atomic E-state index is 0. The molecule has 0 bridgehead atoms. The Kier molecular flexibility index (Phi) is 86.0. The second kappa shape index (κ2) is 79.2. The summed E-state index contributed by atoms with van der Waals surface area (Å²) in [6, 6.07) is 0. The third-order valence-corrected chi connectivity index (χ3v) is 26.9. The zero-order chi connectivity index (χ0) is 111. The predicted octanol–water partition coefficient (Wildman–Crippen LogP) is 34.6. The molecule has 10 fully saturated rings. The summed E-state index contributed by atoms with van der Waals surface area (Å²) in [7, 11) is 0. The van der Waals surface area contributed by atoms with Crippen molar-refractivity contribution in [2.45, 2.75) is 571 Å². The molecule has 3 atom stereocenters. The normalized spacial score (nSPS) is 22.8. The molecule has 6 aliphatic carbocycles. The first kappa shape index (κ1) is 153. The van der Waals surface area contributed by atoms with Crippen LogP contribution in [0.1, 0.15) is 519 Å². The maximum atomic E-state index is 12.0. The van der Waals surface area contributed by atoms with Crippen LogP contribution in [0.2, 0.25) is 0 Å². The van der Waals surface area contributed by atoms with E-state index < -0.39 is 35.1 Å². The average Bonchev–Trinajstić information content (AvgIpc) is 1.40. The summed E-state index contributed by atoms with van der Waals surface area (Å²) in [4.78, 5) is 0. The molecule has 4 aliphatic heterocycles. The molecule has 17 heteroatoms. The van der Waals surface area contributed by atoms with E-state index in [9.17, 15) is 38.0 Å². The Balaban J connectivity index is -0.000000272. The quantitative estimate of drug-likeness (QED) is 0.0288. The zero-order valence-electron chi connectivity index (χ0n) is 102. The Labute approximate surface area is 878 Å². The van der Waals surface area contributed by atoms with E-state index in [-0.39, 0.29) is 55.2 Å². The van der Waals surface area contributed by atoms with Gasteiger partial charge in [0.2, 0.25) is 0 Å². The van der Waals surface area contributed by atoms with E-state index in [1.54, 1.807) is 54.4 Å². The highest BCUT2D eigenvalue weighted by atomic mass is 19.4. The van der Waals surface area contributed by atoms with Gasteiger partial charge in [0.05, 0.1) is 113 Å². The molecule has 0 aromatic rings. The zero-order valence-corrected chi connectivity index (χ0v) is 102. The van der Waals surface area contributed by atoms with Gasteiger partial charge in [-0.1, -0.05) is 290 Å². The smallest absolute Gasteiger partial charge is 0.392 e. The second-order valence-electron chi connectivity index (χ2n) is 55.8. The van der Waals surface area contributed by atoms with Crippen LogP contribution in [0.4, 0.5) is 17.6 Å². The molecule has 10 aliphatic rings. The molecule has 6 saturated carbocycles. The van der Waals surface area contributed by atoms with Gasteiger partial charge in [-0.2, -0.15) is 13.2 Å². The van der Waals surface area contributed by atoms with Crippen molar-refractivity contribution in [3.05, 3.63) is 0 Å². The Morgan fingerprint density at radius 3 is 0.965 bits per heavy atom. The maximum absolute atomic E-state index is 12.0. The number of hydrogen-bond acceptors (Lipinski definition) is 13. The average molecular weight is 2030 g/mol. The summed E-state index contributed by atoms with van der Waals surface area (Å²) in [6.45, 7) is 105. The Hall–Kier alpha value is -0.800. The Bertz CT molecular complexity index is 2630. The molecule has 0 radical (unpaired) electrons. The highest BCUT2D eigenvalue weighted by molar-refractivity contribution is 5.02. The fourth-order valence-corrected chi connectivity index (χ4v) is 20.5. The first-order chi connectivity index (χ1) is 63.6. The van der Waals surface area contributed by atoms with Gasteiger partial charge in [0, 0.05) is 23.4 Å². The van der Waals surface area contributed by atoms with Crippen molar-refractivity contribution >= 4 is 0 Å². The number of halogens is 4. The van der Waals surface area contributed by atoms with E-state index in [1.807, 2.05) is 48.5 Å². The Morgan fingerprint density at radius 2 is 0.816 bits per heavy atom. The molecular formula is C124H258F4O13. The number of rotatable bonds is 33. The van der Waals surface area contributed by atoms with Gasteiger partial charge >= 0.3 is 6.18 Å². The van der Waals surface area contributed by atoms with Gasteiger partial charge in [0.25, 0.3) is 0 Å². The van der Waals surface area contributed by atoms with Crippen molar-refractivity contribution in [2.24, 2.45) is 158 Å². The van der Waals surface area contributed by atoms with Gasteiger partial charge in [-0.15, -0.1) is 0 Å². The minimum Gasteiger partial charge on any atom is -0.396 e. The van der Waals surface area contributed by atoms with Crippen molar-refractivity contribution < 1.29 is 82.1 Å². The van der Waals surface area contributed by atoms with Crippen LogP contribution in [-0.4, -0.2) is 166 Å². The first-order valence-electron chi connectivity index (χ1n) is 57.8. The van der Waals surface area contributed by atoms with Crippen molar-refractivity contribution in [1.29, 1.82) is 0 Å². The van der Waals surface area contributed by atoms with Gasteiger partial charge in [0.15, 0.2) is 0 Å². The van der Waals surface area contributed by atoms with E-state index in [2.05, 4.69) is 228 Å². The fraction of sp³-hybridized carbons (Fsp3) is 1.00. The standard InChI is InChI=1S/C11H20.C10H20O.C9H18.C8H16O2.C8H16O.C8H18O.C8H16.C8H18.C7H13F3.C7H14O2.C7H16O2.2C7H14O.C6H13F.2C6H14O.CH4/c1-8(2)10-6-11(7-10)4-9(3)5-11;1-9(2)8-10(11)6-4-3-5-7-10;1-7(2)4-9-5-8(3)6-9;1-7(2)3-8(4-9)5-10-6-8;1-7(2)4-8(3)5-9-6-8;1-7(2)5-6-8(3,4)9;1-6(2)8-4-7(3)5-8;1-7(2)6-8(3,4)5;1-4-6(5(2)3)7(8,9)10;1-6(2)3-7(8)4-9-5-7;1-6(2)9-5-7(3,4)8;1-6(2)3-7-4-8-5-7;1-6(2)5-7(8)3-4-7;2*1-5(2)4-6(3)7;1-6(2)4-3-5-7;/h8-10H,4-7H2,1-3H3;9,11H,3-8H2,1-2H3;7-9H,4-6H2,1-3H3;7,9H,3-6H2,1-2H3;7H,4-6H2,1-3H3;7,9H,5-6H2,1-4H3;6-8H,4-5H2,1-3H3;7H,6H2,1-5H3;5-6H,4H2,1-3H3;6,8H,3-5H2,1-2H3;6,8H,5H2,1-4H3;6-7H,3-5H2,1-2H3;6,8H,3-5H2,1-2H3;5-6H,4H2,1-3H3;5-7H,4H2,1-3H3;6-7H,3-5H2,1-2H3;1H4. The maximum Gasteiger partial charge on any atom is 0.392 e. The number of hydrogen-bond donors (Lipinski definition) is 8. The molecule has 0 aromatic carbocycles. The van der Waals surface area contributed by atoms with Crippen molar-refractivity contribution in [2.75, 3.05) is 72.7 Å². The second-order valence-corrected chi connectivity index (χ2v) is 55.8. The summed E-state index contributed by atoms with van der Waals surface area (Å²) < 4.78 is 73.2. The summed E-state index contributed by atoms with van der Waals surface area (Å²) in [5.41, 5.74) is -0.131. The third kappa shape index (κ3) is 96.0.